The van der Waals surface area contributed by atoms with E-state index in [-0.39, 0.29) is 5.60 Å². The standard InChI is InChI=1S/C15H21BrO2/c1-3-7-15(8-4-2)10-13(17)12-6-5-11(16)9-14(12)18-15/h5-6,9,13,17H,3-4,7-8,10H2,1-2H3. The van der Waals surface area contributed by atoms with E-state index in [9.17, 15) is 5.11 Å². The summed E-state index contributed by atoms with van der Waals surface area (Å²) >= 11 is 3.46. The lowest BCUT2D eigenvalue weighted by atomic mass is 9.82. The molecule has 0 saturated carbocycles. The fourth-order valence-electron chi connectivity index (χ4n) is 2.95. The molecule has 1 N–H and O–H groups in total. The third-order valence-corrected chi connectivity index (χ3v) is 4.13. The summed E-state index contributed by atoms with van der Waals surface area (Å²) in [6.45, 7) is 4.34. The number of ether oxygens (including phenoxy) is 1. The highest BCUT2D eigenvalue weighted by molar-refractivity contribution is 9.10. The van der Waals surface area contributed by atoms with Crippen molar-refractivity contribution in [2.75, 3.05) is 0 Å². The van der Waals surface area contributed by atoms with Crippen LogP contribution in [0.3, 0.4) is 0 Å². The molecule has 2 rings (SSSR count). The quantitative estimate of drug-likeness (QED) is 0.880. The molecule has 3 heteroatoms. The Labute approximate surface area is 117 Å². The Morgan fingerprint density at radius 1 is 1.33 bits per heavy atom. The zero-order chi connectivity index (χ0) is 13.2. The maximum atomic E-state index is 10.3. The van der Waals surface area contributed by atoms with Gasteiger partial charge in [0, 0.05) is 16.5 Å². The first kappa shape index (κ1) is 13.9. The van der Waals surface area contributed by atoms with Crippen molar-refractivity contribution >= 4 is 15.9 Å². The number of fused-ring (bicyclic) bond motifs is 1. The van der Waals surface area contributed by atoms with Gasteiger partial charge >= 0.3 is 0 Å². The number of aliphatic hydroxyl groups is 1. The monoisotopic (exact) mass is 312 g/mol. The van der Waals surface area contributed by atoms with Crippen LogP contribution in [-0.4, -0.2) is 10.7 Å². The van der Waals surface area contributed by atoms with Crippen molar-refractivity contribution in [1.29, 1.82) is 0 Å². The summed E-state index contributed by atoms with van der Waals surface area (Å²) in [5, 5.41) is 10.3. The molecule has 1 heterocycles. The number of halogens is 1. The molecule has 18 heavy (non-hydrogen) atoms. The zero-order valence-electron chi connectivity index (χ0n) is 11.1. The van der Waals surface area contributed by atoms with Crippen LogP contribution in [-0.2, 0) is 0 Å². The summed E-state index contributed by atoms with van der Waals surface area (Å²) in [5.41, 5.74) is 0.734. The van der Waals surface area contributed by atoms with Crippen molar-refractivity contribution in [3.63, 3.8) is 0 Å². The summed E-state index contributed by atoms with van der Waals surface area (Å²) in [4.78, 5) is 0. The Balaban J connectivity index is 2.34. The summed E-state index contributed by atoms with van der Waals surface area (Å²) in [6, 6.07) is 5.88. The van der Waals surface area contributed by atoms with Crippen molar-refractivity contribution in [3.05, 3.63) is 28.2 Å². The Morgan fingerprint density at radius 2 is 2.00 bits per heavy atom. The highest BCUT2D eigenvalue weighted by Gasteiger charge is 2.39. The van der Waals surface area contributed by atoms with Crippen LogP contribution in [0.4, 0.5) is 0 Å². The molecule has 100 valence electrons. The molecule has 1 aliphatic heterocycles. The topological polar surface area (TPSA) is 29.5 Å². The van der Waals surface area contributed by atoms with Crippen molar-refractivity contribution < 1.29 is 9.84 Å². The van der Waals surface area contributed by atoms with Crippen LogP contribution in [0, 0.1) is 0 Å². The Kier molecular flexibility index (Phi) is 4.33. The molecule has 0 spiro atoms. The maximum Gasteiger partial charge on any atom is 0.127 e. The SMILES string of the molecule is CCCC1(CCC)CC(O)c2ccc(Br)cc2O1. The van der Waals surface area contributed by atoms with E-state index in [4.69, 9.17) is 4.74 Å². The first-order valence-electron chi connectivity index (χ1n) is 6.77. The molecule has 1 unspecified atom stereocenters. The molecule has 0 aliphatic carbocycles. The van der Waals surface area contributed by atoms with Crippen LogP contribution in [0.1, 0.15) is 57.6 Å². The molecular weight excluding hydrogens is 292 g/mol. The predicted molar refractivity (Wildman–Crippen MR) is 76.9 cm³/mol. The van der Waals surface area contributed by atoms with Gasteiger partial charge in [-0.1, -0.05) is 48.7 Å². The van der Waals surface area contributed by atoms with Crippen LogP contribution in [0.2, 0.25) is 0 Å². The second kappa shape index (κ2) is 5.62. The molecule has 1 aliphatic rings. The highest BCUT2D eigenvalue weighted by atomic mass is 79.9. The van der Waals surface area contributed by atoms with Gasteiger partial charge in [-0.25, -0.2) is 0 Å². The first-order chi connectivity index (χ1) is 8.60. The molecule has 0 saturated heterocycles. The van der Waals surface area contributed by atoms with Crippen molar-refractivity contribution in [2.45, 2.75) is 57.7 Å². The number of benzene rings is 1. The molecule has 0 bridgehead atoms. The maximum absolute atomic E-state index is 10.3. The normalized spacial score (nSPS) is 21.2. The third kappa shape index (κ3) is 2.72. The van der Waals surface area contributed by atoms with E-state index in [2.05, 4.69) is 29.8 Å². The Bertz CT molecular complexity index is 411. The average Bonchev–Trinajstić information content (AvgIpc) is 2.28. The number of hydrogen-bond acceptors (Lipinski definition) is 2. The largest absolute Gasteiger partial charge is 0.487 e. The van der Waals surface area contributed by atoms with Crippen LogP contribution < -0.4 is 4.74 Å². The summed E-state index contributed by atoms with van der Waals surface area (Å²) < 4.78 is 7.26. The minimum absolute atomic E-state index is 0.184. The van der Waals surface area contributed by atoms with Crippen molar-refractivity contribution in [3.8, 4) is 5.75 Å². The molecule has 0 radical (unpaired) electrons. The van der Waals surface area contributed by atoms with Crippen LogP contribution in [0.25, 0.3) is 0 Å². The lowest BCUT2D eigenvalue weighted by molar-refractivity contribution is -0.0268. The number of hydrogen-bond donors (Lipinski definition) is 1. The molecule has 0 fully saturated rings. The van der Waals surface area contributed by atoms with Gasteiger partial charge in [-0.05, 0) is 25.0 Å². The molecule has 1 aromatic rings. The summed E-state index contributed by atoms with van der Waals surface area (Å²) in [6.07, 6.45) is 4.48. The van der Waals surface area contributed by atoms with Crippen molar-refractivity contribution in [2.24, 2.45) is 0 Å². The molecule has 0 amide bonds. The van der Waals surface area contributed by atoms with E-state index in [1.807, 2.05) is 18.2 Å². The lowest BCUT2D eigenvalue weighted by Gasteiger charge is -2.41. The van der Waals surface area contributed by atoms with Crippen LogP contribution in [0.15, 0.2) is 22.7 Å². The van der Waals surface area contributed by atoms with Gasteiger partial charge < -0.3 is 9.84 Å². The highest BCUT2D eigenvalue weighted by Crippen LogP contribution is 2.44. The van der Waals surface area contributed by atoms with Crippen molar-refractivity contribution in [1.82, 2.24) is 0 Å². The fraction of sp³-hybridized carbons (Fsp3) is 0.600. The average molecular weight is 313 g/mol. The van der Waals surface area contributed by atoms with E-state index in [1.165, 1.54) is 0 Å². The fourth-order valence-corrected chi connectivity index (χ4v) is 3.29. The predicted octanol–water partition coefficient (Wildman–Crippen LogP) is 4.60. The van der Waals surface area contributed by atoms with Gasteiger partial charge in [0.15, 0.2) is 0 Å². The molecule has 2 nitrogen and oxygen atoms in total. The zero-order valence-corrected chi connectivity index (χ0v) is 12.7. The van der Waals surface area contributed by atoms with E-state index in [1.54, 1.807) is 0 Å². The molecule has 0 aromatic heterocycles. The molecule has 1 aromatic carbocycles. The van der Waals surface area contributed by atoms with Gasteiger partial charge in [-0.15, -0.1) is 0 Å². The summed E-state index contributed by atoms with van der Waals surface area (Å²) in [7, 11) is 0. The third-order valence-electron chi connectivity index (χ3n) is 3.64. The minimum atomic E-state index is -0.403. The molecule has 1 atom stereocenters. The van der Waals surface area contributed by atoms with E-state index in [0.29, 0.717) is 6.42 Å². The Morgan fingerprint density at radius 3 is 2.61 bits per heavy atom. The number of rotatable bonds is 4. The van der Waals surface area contributed by atoms with Gasteiger partial charge in [0.2, 0.25) is 0 Å². The van der Waals surface area contributed by atoms with Crippen LogP contribution >= 0.6 is 15.9 Å². The van der Waals surface area contributed by atoms with Gasteiger partial charge in [-0.3, -0.25) is 0 Å². The van der Waals surface area contributed by atoms with E-state index >= 15 is 0 Å². The van der Waals surface area contributed by atoms with Gasteiger partial charge in [0.05, 0.1) is 6.10 Å². The van der Waals surface area contributed by atoms with Crippen LogP contribution in [0.5, 0.6) is 5.75 Å². The Hall–Kier alpha value is -0.540. The smallest absolute Gasteiger partial charge is 0.127 e. The van der Waals surface area contributed by atoms with Gasteiger partial charge in [0.25, 0.3) is 0 Å². The lowest BCUT2D eigenvalue weighted by Crippen LogP contribution is -2.41. The van der Waals surface area contributed by atoms with E-state index in [0.717, 1.165) is 41.5 Å². The second-order valence-electron chi connectivity index (χ2n) is 5.19. The summed E-state index contributed by atoms with van der Waals surface area (Å²) in [5.74, 6) is 0.838. The molecular formula is C15H21BrO2. The first-order valence-corrected chi connectivity index (χ1v) is 7.56. The van der Waals surface area contributed by atoms with E-state index < -0.39 is 6.10 Å². The minimum Gasteiger partial charge on any atom is -0.487 e. The number of aliphatic hydroxyl groups excluding tert-OH is 1. The van der Waals surface area contributed by atoms with Gasteiger partial charge in [0.1, 0.15) is 11.4 Å². The van der Waals surface area contributed by atoms with Gasteiger partial charge in [-0.2, -0.15) is 0 Å². The second-order valence-corrected chi connectivity index (χ2v) is 6.10.